The highest BCUT2D eigenvalue weighted by molar-refractivity contribution is 5.98. The molecule has 2 aliphatic heterocycles. The van der Waals surface area contributed by atoms with Crippen molar-refractivity contribution in [2.75, 3.05) is 13.1 Å². The Morgan fingerprint density at radius 3 is 2.26 bits per heavy atom. The van der Waals surface area contributed by atoms with E-state index in [1.807, 2.05) is 35.2 Å². The second-order valence-electron chi connectivity index (χ2n) is 10.00. The summed E-state index contributed by atoms with van der Waals surface area (Å²) in [6.45, 7) is 0.918. The molecule has 0 bridgehead atoms. The summed E-state index contributed by atoms with van der Waals surface area (Å²) in [4.78, 5) is 43.1. The van der Waals surface area contributed by atoms with Crippen LogP contribution in [0.1, 0.15) is 65.7 Å². The lowest BCUT2D eigenvalue weighted by Gasteiger charge is -2.35. The summed E-state index contributed by atoms with van der Waals surface area (Å²) < 4.78 is 14.0. The maximum atomic E-state index is 14.0. The first-order valence-electron chi connectivity index (χ1n) is 12.7. The average molecular weight is 478 g/mol. The summed E-state index contributed by atoms with van der Waals surface area (Å²) in [6.07, 6.45) is 6.17. The third kappa shape index (κ3) is 4.81. The fraction of sp³-hybridized carbons (Fsp3) is 0.464. The minimum atomic E-state index is -0.515. The van der Waals surface area contributed by atoms with E-state index < -0.39 is 11.9 Å². The van der Waals surface area contributed by atoms with E-state index in [9.17, 15) is 18.8 Å². The van der Waals surface area contributed by atoms with E-state index in [2.05, 4.69) is 5.32 Å². The number of rotatable bonds is 4. The van der Waals surface area contributed by atoms with E-state index in [0.29, 0.717) is 43.8 Å². The number of carbonyl (C=O) groups is 3. The molecule has 3 unspecified atom stereocenters. The van der Waals surface area contributed by atoms with Crippen LogP contribution in [0.3, 0.4) is 0 Å². The average Bonchev–Trinajstić information content (AvgIpc) is 3.29. The molecular weight excluding hydrogens is 445 g/mol. The number of piperidine rings is 1. The molecule has 3 aliphatic rings. The molecule has 2 aromatic rings. The second-order valence-corrected chi connectivity index (χ2v) is 10.00. The number of fused-ring (bicyclic) bond motifs is 1. The van der Waals surface area contributed by atoms with E-state index in [1.165, 1.54) is 12.1 Å². The Hall–Kier alpha value is -3.22. The van der Waals surface area contributed by atoms with Gasteiger partial charge in [0, 0.05) is 30.7 Å². The molecule has 6 nitrogen and oxygen atoms in total. The van der Waals surface area contributed by atoms with Gasteiger partial charge in [-0.25, -0.2) is 4.39 Å². The molecule has 1 N–H and O–H groups in total. The quantitative estimate of drug-likeness (QED) is 0.723. The number of hydrogen-bond donors (Lipinski definition) is 1. The van der Waals surface area contributed by atoms with Gasteiger partial charge < -0.3 is 15.1 Å². The molecule has 0 spiro atoms. The maximum Gasteiger partial charge on any atom is 0.256 e. The van der Waals surface area contributed by atoms with Gasteiger partial charge in [-0.05, 0) is 62.3 Å². The van der Waals surface area contributed by atoms with Crippen molar-refractivity contribution >= 4 is 17.7 Å². The summed E-state index contributed by atoms with van der Waals surface area (Å²) in [6, 6.07) is 14.8. The van der Waals surface area contributed by atoms with Crippen LogP contribution in [0.25, 0.3) is 0 Å². The van der Waals surface area contributed by atoms with Gasteiger partial charge in [0.1, 0.15) is 11.9 Å². The minimum Gasteiger partial charge on any atom is -0.351 e. The highest BCUT2D eigenvalue weighted by Gasteiger charge is 2.47. The van der Waals surface area contributed by atoms with Crippen molar-refractivity contribution in [2.45, 2.75) is 63.1 Å². The number of nitrogens with zero attached hydrogens (tertiary/aromatic N) is 2. The molecule has 2 aromatic carbocycles. The van der Waals surface area contributed by atoms with Crippen LogP contribution in [0, 0.1) is 11.7 Å². The molecule has 2 saturated heterocycles. The predicted octanol–water partition coefficient (Wildman–Crippen LogP) is 4.02. The monoisotopic (exact) mass is 477 g/mol. The molecule has 5 rings (SSSR count). The van der Waals surface area contributed by atoms with Crippen LogP contribution in [0.2, 0.25) is 0 Å². The molecular formula is C28H32FN3O3. The molecule has 7 heteroatoms. The van der Waals surface area contributed by atoms with Crippen LogP contribution in [0.15, 0.2) is 54.6 Å². The van der Waals surface area contributed by atoms with E-state index in [0.717, 1.165) is 25.7 Å². The van der Waals surface area contributed by atoms with Crippen LogP contribution >= 0.6 is 0 Å². The van der Waals surface area contributed by atoms with Crippen molar-refractivity contribution in [1.29, 1.82) is 0 Å². The topological polar surface area (TPSA) is 69.7 Å². The van der Waals surface area contributed by atoms with Crippen LogP contribution < -0.4 is 5.32 Å². The van der Waals surface area contributed by atoms with E-state index in [4.69, 9.17) is 0 Å². The molecule has 3 atom stereocenters. The number of carbonyl (C=O) groups excluding carboxylic acids is 3. The van der Waals surface area contributed by atoms with Gasteiger partial charge >= 0.3 is 0 Å². The molecule has 1 saturated carbocycles. The third-order valence-corrected chi connectivity index (χ3v) is 7.88. The molecule has 0 aromatic heterocycles. The number of nitrogens with one attached hydrogen (secondary N) is 1. The van der Waals surface area contributed by atoms with Crippen molar-refractivity contribution < 1.29 is 18.8 Å². The van der Waals surface area contributed by atoms with Crippen LogP contribution in [-0.4, -0.2) is 58.7 Å². The van der Waals surface area contributed by atoms with Gasteiger partial charge in [0.25, 0.3) is 11.8 Å². The Kier molecular flexibility index (Phi) is 6.84. The standard InChI is InChI=1S/C28H32FN3O3/c29-23-12-6-5-11-22(23)28(35)31-16-14-21(15-17-31)30-26(33)25-18-20-10-4-7-13-24(20)32(25)27(34)19-8-2-1-3-9-19/h1-3,5-6,8-9,11-12,20-21,24-25H,4,7,10,13-18H2,(H,30,33). The van der Waals surface area contributed by atoms with Crippen LogP contribution in [0.5, 0.6) is 0 Å². The number of hydrogen-bond acceptors (Lipinski definition) is 3. The van der Waals surface area contributed by atoms with Crippen molar-refractivity contribution in [3.63, 3.8) is 0 Å². The zero-order chi connectivity index (χ0) is 24.4. The summed E-state index contributed by atoms with van der Waals surface area (Å²) in [5.74, 6) is -0.619. The number of benzene rings is 2. The van der Waals surface area contributed by atoms with Crippen LogP contribution in [0.4, 0.5) is 4.39 Å². The summed E-state index contributed by atoms with van der Waals surface area (Å²) in [5, 5.41) is 3.17. The zero-order valence-electron chi connectivity index (χ0n) is 19.9. The van der Waals surface area contributed by atoms with Gasteiger partial charge in [0.15, 0.2) is 0 Å². The SMILES string of the molecule is O=C(NC1CCN(C(=O)c2ccccc2F)CC1)C1CC2CCCCC2N1C(=O)c1ccccc1. The Morgan fingerprint density at radius 1 is 0.829 bits per heavy atom. The van der Waals surface area contributed by atoms with Crippen molar-refractivity contribution in [3.05, 3.63) is 71.5 Å². The zero-order valence-corrected chi connectivity index (χ0v) is 19.9. The van der Waals surface area contributed by atoms with E-state index in [1.54, 1.807) is 17.0 Å². The van der Waals surface area contributed by atoms with Crippen molar-refractivity contribution in [3.8, 4) is 0 Å². The predicted molar refractivity (Wildman–Crippen MR) is 130 cm³/mol. The van der Waals surface area contributed by atoms with Gasteiger partial charge in [0.05, 0.1) is 5.56 Å². The molecule has 1 aliphatic carbocycles. The Bertz CT molecular complexity index is 1080. The Balaban J connectivity index is 1.24. The molecule has 2 heterocycles. The third-order valence-electron chi connectivity index (χ3n) is 7.88. The maximum absolute atomic E-state index is 14.0. The van der Waals surface area contributed by atoms with Gasteiger partial charge in [-0.15, -0.1) is 0 Å². The van der Waals surface area contributed by atoms with Gasteiger partial charge in [-0.3, -0.25) is 14.4 Å². The highest BCUT2D eigenvalue weighted by Crippen LogP contribution is 2.40. The van der Waals surface area contributed by atoms with Crippen molar-refractivity contribution in [2.24, 2.45) is 5.92 Å². The highest BCUT2D eigenvalue weighted by atomic mass is 19.1. The minimum absolute atomic E-state index is 0.0644. The second kappa shape index (κ2) is 10.2. The van der Waals surface area contributed by atoms with Crippen molar-refractivity contribution in [1.82, 2.24) is 15.1 Å². The molecule has 3 fully saturated rings. The first-order chi connectivity index (χ1) is 17.0. The number of halogens is 1. The van der Waals surface area contributed by atoms with E-state index in [-0.39, 0.29) is 35.4 Å². The number of likely N-dealkylation sites (tertiary alicyclic amines) is 2. The fourth-order valence-electron chi connectivity index (χ4n) is 6.05. The van der Waals surface area contributed by atoms with Gasteiger partial charge in [-0.2, -0.15) is 0 Å². The lowest BCUT2D eigenvalue weighted by Crippen LogP contribution is -2.53. The number of amides is 3. The first kappa shape index (κ1) is 23.5. The van der Waals surface area contributed by atoms with Gasteiger partial charge in [0.2, 0.25) is 5.91 Å². The van der Waals surface area contributed by atoms with Gasteiger partial charge in [-0.1, -0.05) is 43.2 Å². The molecule has 35 heavy (non-hydrogen) atoms. The lowest BCUT2D eigenvalue weighted by atomic mass is 9.84. The summed E-state index contributed by atoms with van der Waals surface area (Å²) >= 11 is 0. The largest absolute Gasteiger partial charge is 0.351 e. The summed E-state index contributed by atoms with van der Waals surface area (Å²) in [7, 11) is 0. The molecule has 3 amide bonds. The normalized spacial score (nSPS) is 24.7. The Labute approximate surface area is 205 Å². The molecule has 0 radical (unpaired) electrons. The van der Waals surface area contributed by atoms with Crippen LogP contribution in [-0.2, 0) is 4.79 Å². The van der Waals surface area contributed by atoms with E-state index >= 15 is 0 Å². The smallest absolute Gasteiger partial charge is 0.256 e. The molecule has 184 valence electrons. The summed E-state index contributed by atoms with van der Waals surface area (Å²) in [5.41, 5.74) is 0.704. The fourth-order valence-corrected chi connectivity index (χ4v) is 6.05. The first-order valence-corrected chi connectivity index (χ1v) is 12.7. The lowest BCUT2D eigenvalue weighted by molar-refractivity contribution is -0.126. The Morgan fingerprint density at radius 2 is 1.51 bits per heavy atom.